The van der Waals surface area contributed by atoms with E-state index in [1.165, 1.54) is 41.6 Å². The lowest BCUT2D eigenvalue weighted by molar-refractivity contribution is -0.115. The lowest BCUT2D eigenvalue weighted by atomic mass is 10.2. The van der Waals surface area contributed by atoms with Crippen LogP contribution in [0.4, 0.5) is 26.8 Å². The maximum absolute atomic E-state index is 13.8. The lowest BCUT2D eigenvalue weighted by Crippen LogP contribution is -2.44. The minimum atomic E-state index is -0.646. The zero-order chi connectivity index (χ0) is 27.2. The fourth-order valence-corrected chi connectivity index (χ4v) is 5.24. The number of nitrogens with zero attached hydrogens (tertiary/aromatic N) is 7. The molecule has 39 heavy (non-hydrogen) atoms. The van der Waals surface area contributed by atoms with Gasteiger partial charge in [-0.05, 0) is 49.1 Å². The minimum Gasteiger partial charge on any atom is -0.354 e. The quantitative estimate of drug-likeness (QED) is 0.239. The molecule has 10 nitrogen and oxygen atoms in total. The Hall–Kier alpha value is -4.12. The van der Waals surface area contributed by atoms with E-state index in [-0.39, 0.29) is 17.9 Å². The van der Waals surface area contributed by atoms with Gasteiger partial charge in [0.15, 0.2) is 10.3 Å². The standard InChI is InChI=1S/C26H24FN9OS2/c1-35-9-11-36(12-10-35)22-14-21(32-25-30-16-20(15-28)39-25)33-26(34-22)38-19-6-4-18(5-7-19)31-23(37)13-17-3-2-8-29-24(17)27/h2-8,14,16H,9-13H2,1H3,(H,31,37)(H,30,32,33,34). The van der Waals surface area contributed by atoms with Crippen molar-refractivity contribution in [3.63, 3.8) is 0 Å². The van der Waals surface area contributed by atoms with Crippen LogP contribution in [0.3, 0.4) is 0 Å². The van der Waals surface area contributed by atoms with Crippen molar-refractivity contribution in [1.82, 2.24) is 24.8 Å². The number of hydrogen-bond donors (Lipinski definition) is 2. The summed E-state index contributed by atoms with van der Waals surface area (Å²) in [5.74, 6) is 0.425. The van der Waals surface area contributed by atoms with Crippen LogP contribution in [-0.2, 0) is 11.2 Å². The van der Waals surface area contributed by atoms with Crippen LogP contribution >= 0.6 is 23.1 Å². The van der Waals surface area contributed by atoms with Gasteiger partial charge in [0, 0.05) is 54.6 Å². The van der Waals surface area contributed by atoms with Crippen molar-refractivity contribution < 1.29 is 9.18 Å². The van der Waals surface area contributed by atoms with E-state index in [4.69, 9.17) is 10.2 Å². The van der Waals surface area contributed by atoms with Crippen LogP contribution in [0.25, 0.3) is 0 Å². The largest absolute Gasteiger partial charge is 0.354 e. The van der Waals surface area contributed by atoms with Gasteiger partial charge >= 0.3 is 0 Å². The Morgan fingerprint density at radius 1 is 1.15 bits per heavy atom. The number of halogens is 1. The summed E-state index contributed by atoms with van der Waals surface area (Å²) in [5.41, 5.74) is 0.839. The number of amides is 1. The van der Waals surface area contributed by atoms with Crippen LogP contribution in [0.2, 0.25) is 0 Å². The zero-order valence-corrected chi connectivity index (χ0v) is 22.6. The summed E-state index contributed by atoms with van der Waals surface area (Å²) in [6.45, 7) is 3.58. The van der Waals surface area contributed by atoms with Crippen LogP contribution in [0.5, 0.6) is 0 Å². The number of benzene rings is 1. The molecule has 0 bridgehead atoms. The van der Waals surface area contributed by atoms with Crippen LogP contribution in [0, 0.1) is 17.3 Å². The first-order valence-corrected chi connectivity index (χ1v) is 13.7. The number of nitriles is 1. The molecule has 1 aromatic carbocycles. The number of piperazine rings is 1. The molecule has 5 rings (SSSR count). The van der Waals surface area contributed by atoms with Crippen LogP contribution in [-0.4, -0.2) is 64.0 Å². The molecule has 0 atom stereocenters. The molecular formula is C26H24FN9OS2. The van der Waals surface area contributed by atoms with Gasteiger partial charge in [-0.1, -0.05) is 17.4 Å². The maximum atomic E-state index is 13.8. The second-order valence-electron chi connectivity index (χ2n) is 8.76. The molecule has 1 fully saturated rings. The third kappa shape index (κ3) is 7.05. The van der Waals surface area contributed by atoms with Gasteiger partial charge in [-0.2, -0.15) is 9.65 Å². The molecule has 0 unspecified atom stereocenters. The van der Waals surface area contributed by atoms with Gasteiger partial charge in [-0.15, -0.1) is 0 Å². The Kier molecular flexibility index (Phi) is 8.26. The molecule has 4 heterocycles. The highest BCUT2D eigenvalue weighted by molar-refractivity contribution is 7.99. The molecular weight excluding hydrogens is 537 g/mol. The highest BCUT2D eigenvalue weighted by Crippen LogP contribution is 2.31. The third-order valence-electron chi connectivity index (χ3n) is 5.90. The maximum Gasteiger partial charge on any atom is 0.228 e. The Bertz CT molecular complexity index is 1500. The number of carbonyl (C=O) groups is 1. The molecule has 0 radical (unpaired) electrons. The average molecular weight is 562 g/mol. The van der Waals surface area contributed by atoms with E-state index >= 15 is 0 Å². The van der Waals surface area contributed by atoms with Crippen molar-refractivity contribution in [2.45, 2.75) is 16.5 Å². The van der Waals surface area contributed by atoms with Crippen LogP contribution in [0.15, 0.2) is 64.9 Å². The summed E-state index contributed by atoms with van der Waals surface area (Å²) in [7, 11) is 2.10. The number of hydrogen-bond acceptors (Lipinski definition) is 11. The van der Waals surface area contributed by atoms with Gasteiger partial charge in [0.2, 0.25) is 11.9 Å². The van der Waals surface area contributed by atoms with Gasteiger partial charge in [0.1, 0.15) is 22.6 Å². The van der Waals surface area contributed by atoms with Crippen LogP contribution in [0.1, 0.15) is 10.4 Å². The highest BCUT2D eigenvalue weighted by Gasteiger charge is 2.18. The first-order valence-electron chi connectivity index (χ1n) is 12.1. The van der Waals surface area contributed by atoms with E-state index in [0.717, 1.165) is 36.9 Å². The predicted molar refractivity (Wildman–Crippen MR) is 149 cm³/mol. The van der Waals surface area contributed by atoms with E-state index in [9.17, 15) is 9.18 Å². The number of anilines is 4. The van der Waals surface area contributed by atoms with Gasteiger partial charge in [0.25, 0.3) is 0 Å². The Balaban J connectivity index is 1.30. The number of rotatable bonds is 8. The summed E-state index contributed by atoms with van der Waals surface area (Å²) < 4.78 is 13.8. The van der Waals surface area contributed by atoms with Crippen molar-refractivity contribution in [3.8, 4) is 6.07 Å². The molecule has 1 aliphatic heterocycles. The number of aromatic nitrogens is 4. The fourth-order valence-electron chi connectivity index (χ4n) is 3.85. The van der Waals surface area contributed by atoms with Crippen molar-refractivity contribution in [1.29, 1.82) is 5.26 Å². The smallest absolute Gasteiger partial charge is 0.228 e. The summed E-state index contributed by atoms with van der Waals surface area (Å²) in [6.07, 6.45) is 2.77. The van der Waals surface area contributed by atoms with Crippen LogP contribution < -0.4 is 15.5 Å². The van der Waals surface area contributed by atoms with Gasteiger partial charge < -0.3 is 20.4 Å². The lowest BCUT2D eigenvalue weighted by Gasteiger charge is -2.33. The molecule has 2 N–H and O–H groups in total. The zero-order valence-electron chi connectivity index (χ0n) is 21.0. The number of carbonyl (C=O) groups excluding carboxylic acids is 1. The summed E-state index contributed by atoms with van der Waals surface area (Å²) in [5, 5.41) is 16.2. The van der Waals surface area contributed by atoms with Crippen molar-refractivity contribution in [2.75, 3.05) is 48.8 Å². The molecule has 4 aromatic rings. The monoisotopic (exact) mass is 561 g/mol. The molecule has 3 aromatic heterocycles. The first kappa shape index (κ1) is 26.5. The Labute approximate surface area is 232 Å². The molecule has 198 valence electrons. The minimum absolute atomic E-state index is 0.103. The summed E-state index contributed by atoms with van der Waals surface area (Å²) in [4.78, 5) is 35.6. The average Bonchev–Trinajstić information content (AvgIpc) is 3.39. The second-order valence-corrected chi connectivity index (χ2v) is 10.8. The number of likely N-dealkylation sites (N-methyl/N-ethyl adjacent to an activating group) is 1. The normalized spacial score (nSPS) is 13.6. The predicted octanol–water partition coefficient (Wildman–Crippen LogP) is 4.17. The highest BCUT2D eigenvalue weighted by atomic mass is 32.2. The molecule has 1 saturated heterocycles. The summed E-state index contributed by atoms with van der Waals surface area (Å²) >= 11 is 2.65. The Morgan fingerprint density at radius 3 is 2.67 bits per heavy atom. The van der Waals surface area contributed by atoms with Crippen molar-refractivity contribution >= 4 is 51.5 Å². The Morgan fingerprint density at radius 2 is 1.95 bits per heavy atom. The van der Waals surface area contributed by atoms with Gasteiger partial charge in [-0.25, -0.2) is 19.9 Å². The second kappa shape index (κ2) is 12.2. The third-order valence-corrected chi connectivity index (χ3v) is 7.60. The SMILES string of the molecule is CN1CCN(c2cc(Nc3ncc(C#N)s3)nc(Sc3ccc(NC(=O)Cc4cccnc4F)cc3)n2)CC1. The molecule has 1 aliphatic rings. The number of nitrogens with one attached hydrogen (secondary N) is 2. The number of pyridine rings is 1. The van der Waals surface area contributed by atoms with Gasteiger partial charge in [0.05, 0.1) is 12.6 Å². The van der Waals surface area contributed by atoms with E-state index in [0.29, 0.717) is 26.7 Å². The molecule has 0 spiro atoms. The number of thiazole rings is 1. The van der Waals surface area contributed by atoms with Crippen molar-refractivity contribution in [3.05, 3.63) is 71.2 Å². The van der Waals surface area contributed by atoms with E-state index < -0.39 is 5.95 Å². The topological polar surface area (TPSA) is 123 Å². The van der Waals surface area contributed by atoms with E-state index in [2.05, 4.69) is 48.5 Å². The first-order chi connectivity index (χ1) is 18.9. The molecule has 13 heteroatoms. The molecule has 0 saturated carbocycles. The van der Waals surface area contributed by atoms with Gasteiger partial charge in [-0.3, -0.25) is 4.79 Å². The molecule has 1 amide bonds. The van der Waals surface area contributed by atoms with E-state index in [1.54, 1.807) is 18.2 Å². The molecule has 0 aliphatic carbocycles. The van der Waals surface area contributed by atoms with E-state index in [1.807, 2.05) is 18.2 Å². The van der Waals surface area contributed by atoms with Crippen molar-refractivity contribution in [2.24, 2.45) is 0 Å². The fraction of sp³-hybridized carbons (Fsp3) is 0.231. The summed E-state index contributed by atoms with van der Waals surface area (Å²) in [6, 6.07) is 14.4.